The predicted octanol–water partition coefficient (Wildman–Crippen LogP) is 0.363. The molecule has 3 heteroatoms. The normalized spacial score (nSPS) is 26.0. The average Bonchev–Trinajstić information content (AvgIpc) is 2.53. The highest BCUT2D eigenvalue weighted by atomic mass is 16.5. The van der Waals surface area contributed by atoms with E-state index >= 15 is 0 Å². The van der Waals surface area contributed by atoms with E-state index in [0.29, 0.717) is 12.1 Å². The van der Waals surface area contributed by atoms with Crippen LogP contribution in [0.2, 0.25) is 0 Å². The molecular formula is C9H20N2O. The van der Waals surface area contributed by atoms with Crippen molar-refractivity contribution < 1.29 is 4.74 Å². The predicted molar refractivity (Wildman–Crippen MR) is 50.4 cm³/mol. The van der Waals surface area contributed by atoms with Gasteiger partial charge in [0.25, 0.3) is 0 Å². The van der Waals surface area contributed by atoms with Crippen molar-refractivity contribution in [3.8, 4) is 0 Å². The highest BCUT2D eigenvalue weighted by Crippen LogP contribution is 1.97. The molecule has 1 aliphatic heterocycles. The number of hydrogen-bond acceptors (Lipinski definition) is 3. The van der Waals surface area contributed by atoms with E-state index in [2.05, 4.69) is 17.6 Å². The second kappa shape index (κ2) is 5.51. The first-order valence-electron chi connectivity index (χ1n) is 4.88. The molecule has 2 N–H and O–H groups in total. The molecule has 0 aromatic heterocycles. The van der Waals surface area contributed by atoms with E-state index in [1.165, 1.54) is 6.42 Å². The third kappa shape index (κ3) is 3.52. The second-order valence-corrected chi connectivity index (χ2v) is 3.36. The van der Waals surface area contributed by atoms with E-state index in [9.17, 15) is 0 Å². The number of ether oxygens (including phenoxy) is 1. The minimum absolute atomic E-state index is 0.343. The van der Waals surface area contributed by atoms with Crippen LogP contribution in [0, 0.1) is 0 Å². The zero-order chi connectivity index (χ0) is 8.81. The van der Waals surface area contributed by atoms with Gasteiger partial charge in [-0.15, -0.1) is 0 Å². The smallest absolute Gasteiger partial charge is 0.0671 e. The van der Waals surface area contributed by atoms with Gasteiger partial charge in [0, 0.05) is 25.7 Å². The molecule has 1 rings (SSSR count). The molecule has 0 aromatic rings. The van der Waals surface area contributed by atoms with Crippen molar-refractivity contribution in [2.24, 2.45) is 0 Å². The van der Waals surface area contributed by atoms with Crippen molar-refractivity contribution >= 4 is 0 Å². The summed E-state index contributed by atoms with van der Waals surface area (Å²) in [6.07, 6.45) is 1.59. The third-order valence-corrected chi connectivity index (χ3v) is 2.21. The molecule has 72 valence electrons. The summed E-state index contributed by atoms with van der Waals surface area (Å²) in [5, 5.41) is 6.80. The second-order valence-electron chi connectivity index (χ2n) is 3.36. The zero-order valence-electron chi connectivity index (χ0n) is 8.10. The van der Waals surface area contributed by atoms with Crippen molar-refractivity contribution in [3.05, 3.63) is 0 Å². The van der Waals surface area contributed by atoms with E-state index < -0.39 is 0 Å². The van der Waals surface area contributed by atoms with Crippen molar-refractivity contribution in [3.63, 3.8) is 0 Å². The molecule has 1 saturated heterocycles. The van der Waals surface area contributed by atoms with Gasteiger partial charge in [0.2, 0.25) is 0 Å². The first kappa shape index (κ1) is 9.96. The molecule has 2 atom stereocenters. The number of rotatable bonds is 5. The Morgan fingerprint density at radius 1 is 1.67 bits per heavy atom. The van der Waals surface area contributed by atoms with Crippen molar-refractivity contribution in [2.75, 3.05) is 26.2 Å². The number of nitrogens with one attached hydrogen (secondary N) is 2. The molecule has 0 spiro atoms. The summed E-state index contributed by atoms with van der Waals surface area (Å²) >= 11 is 0. The molecule has 1 fully saturated rings. The highest BCUT2D eigenvalue weighted by molar-refractivity contribution is 4.77. The summed E-state index contributed by atoms with van der Waals surface area (Å²) < 4.78 is 5.42. The molecule has 1 aliphatic rings. The van der Waals surface area contributed by atoms with E-state index in [0.717, 1.165) is 26.2 Å². The van der Waals surface area contributed by atoms with Crippen molar-refractivity contribution in [1.29, 1.82) is 0 Å². The van der Waals surface area contributed by atoms with Gasteiger partial charge in [-0.2, -0.15) is 0 Å². The molecule has 2 unspecified atom stereocenters. The lowest BCUT2D eigenvalue weighted by molar-refractivity contribution is 0.0744. The molecule has 0 bridgehead atoms. The highest BCUT2D eigenvalue weighted by Gasteiger charge is 2.13. The van der Waals surface area contributed by atoms with Crippen LogP contribution in [0.4, 0.5) is 0 Å². The average molecular weight is 172 g/mol. The molecule has 0 saturated carbocycles. The lowest BCUT2D eigenvalue weighted by Crippen LogP contribution is -2.36. The van der Waals surface area contributed by atoms with Crippen LogP contribution in [0.1, 0.15) is 20.3 Å². The molecular weight excluding hydrogens is 152 g/mol. The van der Waals surface area contributed by atoms with Gasteiger partial charge in [0.05, 0.1) is 6.10 Å². The third-order valence-electron chi connectivity index (χ3n) is 2.21. The maximum absolute atomic E-state index is 5.42. The lowest BCUT2D eigenvalue weighted by Gasteiger charge is -2.16. The molecule has 0 aliphatic carbocycles. The zero-order valence-corrected chi connectivity index (χ0v) is 8.10. The van der Waals surface area contributed by atoms with Gasteiger partial charge in [-0.05, 0) is 26.8 Å². The van der Waals surface area contributed by atoms with E-state index in [1.807, 2.05) is 6.92 Å². The van der Waals surface area contributed by atoms with Crippen molar-refractivity contribution in [2.45, 2.75) is 32.4 Å². The lowest BCUT2D eigenvalue weighted by atomic mass is 10.2. The van der Waals surface area contributed by atoms with Gasteiger partial charge in [0.15, 0.2) is 0 Å². The first-order valence-corrected chi connectivity index (χ1v) is 4.88. The summed E-state index contributed by atoms with van der Waals surface area (Å²) in [4.78, 5) is 0. The van der Waals surface area contributed by atoms with E-state index in [1.54, 1.807) is 0 Å². The van der Waals surface area contributed by atoms with Crippen LogP contribution in [0.3, 0.4) is 0 Å². The quantitative estimate of drug-likeness (QED) is 0.628. The fourth-order valence-electron chi connectivity index (χ4n) is 1.50. The maximum atomic E-state index is 5.42. The fraction of sp³-hybridized carbons (Fsp3) is 1.00. The minimum atomic E-state index is 0.343. The Balaban J connectivity index is 1.99. The number of hydrogen-bond donors (Lipinski definition) is 2. The summed E-state index contributed by atoms with van der Waals surface area (Å²) in [6.45, 7) is 8.19. The van der Waals surface area contributed by atoms with Crippen LogP contribution in [0.5, 0.6) is 0 Å². The largest absolute Gasteiger partial charge is 0.377 e. The van der Waals surface area contributed by atoms with E-state index in [-0.39, 0.29) is 0 Å². The Bertz CT molecular complexity index is 113. The fourth-order valence-corrected chi connectivity index (χ4v) is 1.50. The summed E-state index contributed by atoms with van der Waals surface area (Å²) in [5.74, 6) is 0. The van der Waals surface area contributed by atoms with Gasteiger partial charge in [-0.25, -0.2) is 0 Å². The van der Waals surface area contributed by atoms with Crippen LogP contribution in [-0.4, -0.2) is 38.4 Å². The van der Waals surface area contributed by atoms with Crippen LogP contribution in [-0.2, 0) is 4.74 Å². The molecule has 0 amide bonds. The Labute approximate surface area is 74.9 Å². The standard InChI is InChI=1S/C9H20N2O/c1-3-12-8(2)6-11-9-4-5-10-7-9/h8-11H,3-7H2,1-2H3. The summed E-state index contributed by atoms with van der Waals surface area (Å²) in [6, 6.07) is 0.660. The van der Waals surface area contributed by atoms with Crippen LogP contribution >= 0.6 is 0 Å². The van der Waals surface area contributed by atoms with Gasteiger partial charge in [0.1, 0.15) is 0 Å². The monoisotopic (exact) mass is 172 g/mol. The Morgan fingerprint density at radius 3 is 3.08 bits per heavy atom. The maximum Gasteiger partial charge on any atom is 0.0671 e. The Hall–Kier alpha value is -0.120. The molecule has 12 heavy (non-hydrogen) atoms. The Kier molecular flexibility index (Phi) is 4.58. The summed E-state index contributed by atoms with van der Waals surface area (Å²) in [5.41, 5.74) is 0. The van der Waals surface area contributed by atoms with Crippen LogP contribution in [0.25, 0.3) is 0 Å². The Morgan fingerprint density at radius 2 is 2.50 bits per heavy atom. The molecule has 1 heterocycles. The topological polar surface area (TPSA) is 33.3 Å². The van der Waals surface area contributed by atoms with Crippen molar-refractivity contribution in [1.82, 2.24) is 10.6 Å². The molecule has 0 radical (unpaired) electrons. The summed E-state index contributed by atoms with van der Waals surface area (Å²) in [7, 11) is 0. The molecule has 0 aromatic carbocycles. The van der Waals surface area contributed by atoms with Gasteiger partial charge in [-0.1, -0.05) is 0 Å². The van der Waals surface area contributed by atoms with Crippen LogP contribution < -0.4 is 10.6 Å². The molecule has 3 nitrogen and oxygen atoms in total. The van der Waals surface area contributed by atoms with Crippen LogP contribution in [0.15, 0.2) is 0 Å². The first-order chi connectivity index (χ1) is 5.83. The van der Waals surface area contributed by atoms with Gasteiger partial charge < -0.3 is 15.4 Å². The SMILES string of the molecule is CCOC(C)CNC1CCNC1. The van der Waals surface area contributed by atoms with E-state index in [4.69, 9.17) is 4.74 Å². The minimum Gasteiger partial charge on any atom is -0.377 e. The van der Waals surface area contributed by atoms with Gasteiger partial charge >= 0.3 is 0 Å². The van der Waals surface area contributed by atoms with Gasteiger partial charge in [-0.3, -0.25) is 0 Å².